The summed E-state index contributed by atoms with van der Waals surface area (Å²) in [6.07, 6.45) is 2.42. The van der Waals surface area contributed by atoms with Crippen LogP contribution in [0.25, 0.3) is 0 Å². The maximum atomic E-state index is 11.2. The largest absolute Gasteiger partial charge is 0.306 e. The number of piperidine rings is 1. The molecular formula is C11H19N3O2. The van der Waals surface area contributed by atoms with E-state index in [2.05, 4.69) is 17.3 Å². The average Bonchev–Trinajstić information content (AvgIpc) is 2.15. The van der Waals surface area contributed by atoms with E-state index in [1.807, 2.05) is 4.90 Å². The smallest absolute Gasteiger partial charge is 0.240 e. The van der Waals surface area contributed by atoms with Gasteiger partial charge in [0, 0.05) is 13.1 Å². The van der Waals surface area contributed by atoms with E-state index in [4.69, 9.17) is 0 Å². The van der Waals surface area contributed by atoms with Gasteiger partial charge in [-0.2, -0.15) is 0 Å². The van der Waals surface area contributed by atoms with Crippen LogP contribution in [0.15, 0.2) is 0 Å². The number of hydrogen-bond donors (Lipinski definition) is 1. The van der Waals surface area contributed by atoms with E-state index in [0.29, 0.717) is 19.0 Å². The molecule has 2 aliphatic heterocycles. The molecular weight excluding hydrogens is 206 g/mol. The van der Waals surface area contributed by atoms with Crippen molar-refractivity contribution in [2.45, 2.75) is 12.8 Å². The van der Waals surface area contributed by atoms with E-state index < -0.39 is 0 Å². The number of nitrogens with zero attached hydrogens (tertiary/aromatic N) is 2. The van der Waals surface area contributed by atoms with Gasteiger partial charge in [-0.1, -0.05) is 0 Å². The molecule has 0 aromatic carbocycles. The lowest BCUT2D eigenvalue weighted by Gasteiger charge is -2.34. The zero-order valence-corrected chi connectivity index (χ0v) is 9.74. The van der Waals surface area contributed by atoms with Gasteiger partial charge in [0.15, 0.2) is 0 Å². The standard InChI is InChI=1S/C11H19N3O2/c1-13-4-2-3-9(5-13)6-14-7-10(15)12-11(16)8-14/h9H,2-8H2,1H3,(H,12,15,16). The summed E-state index contributed by atoms with van der Waals surface area (Å²) in [4.78, 5) is 26.7. The van der Waals surface area contributed by atoms with Crippen molar-refractivity contribution >= 4 is 11.8 Å². The highest BCUT2D eigenvalue weighted by molar-refractivity contribution is 5.99. The fourth-order valence-electron chi connectivity index (χ4n) is 2.61. The third-order valence-corrected chi connectivity index (χ3v) is 3.25. The first-order valence-electron chi connectivity index (χ1n) is 5.87. The van der Waals surface area contributed by atoms with Crippen LogP contribution in [-0.4, -0.2) is 61.4 Å². The quantitative estimate of drug-likeness (QED) is 0.631. The van der Waals surface area contributed by atoms with Gasteiger partial charge in [0.2, 0.25) is 11.8 Å². The highest BCUT2D eigenvalue weighted by atomic mass is 16.2. The normalized spacial score (nSPS) is 29.2. The molecule has 2 heterocycles. The highest BCUT2D eigenvalue weighted by Crippen LogP contribution is 2.16. The Kier molecular flexibility index (Phi) is 3.56. The average molecular weight is 225 g/mol. The Morgan fingerprint density at radius 3 is 2.62 bits per heavy atom. The van der Waals surface area contributed by atoms with E-state index in [-0.39, 0.29) is 11.8 Å². The minimum absolute atomic E-state index is 0.166. The number of carbonyl (C=O) groups is 2. The van der Waals surface area contributed by atoms with Gasteiger partial charge in [-0.3, -0.25) is 19.8 Å². The van der Waals surface area contributed by atoms with Crippen LogP contribution in [0.1, 0.15) is 12.8 Å². The first-order chi connectivity index (χ1) is 7.63. The van der Waals surface area contributed by atoms with Gasteiger partial charge in [0.1, 0.15) is 0 Å². The summed E-state index contributed by atoms with van der Waals surface area (Å²) in [6, 6.07) is 0. The molecule has 1 unspecified atom stereocenters. The van der Waals surface area contributed by atoms with E-state index in [1.54, 1.807) is 0 Å². The van der Waals surface area contributed by atoms with Crippen LogP contribution in [0.5, 0.6) is 0 Å². The Hall–Kier alpha value is -0.940. The molecule has 0 radical (unpaired) electrons. The molecule has 0 bridgehead atoms. The molecule has 2 aliphatic rings. The van der Waals surface area contributed by atoms with Crippen molar-refractivity contribution in [3.8, 4) is 0 Å². The summed E-state index contributed by atoms with van der Waals surface area (Å²) >= 11 is 0. The van der Waals surface area contributed by atoms with Crippen molar-refractivity contribution in [3.63, 3.8) is 0 Å². The minimum atomic E-state index is -0.166. The molecule has 0 aromatic heterocycles. The van der Waals surface area contributed by atoms with Crippen LogP contribution in [0.3, 0.4) is 0 Å². The molecule has 5 nitrogen and oxygen atoms in total. The van der Waals surface area contributed by atoms with Gasteiger partial charge in [-0.25, -0.2) is 0 Å². The van der Waals surface area contributed by atoms with Crippen molar-refractivity contribution in [2.75, 3.05) is 39.8 Å². The fraction of sp³-hybridized carbons (Fsp3) is 0.818. The molecule has 2 rings (SSSR count). The summed E-state index contributed by atoms with van der Waals surface area (Å²) in [7, 11) is 2.13. The molecule has 0 aliphatic carbocycles. The second-order valence-corrected chi connectivity index (χ2v) is 4.91. The fourth-order valence-corrected chi connectivity index (χ4v) is 2.61. The number of carbonyl (C=O) groups excluding carboxylic acids is 2. The highest BCUT2D eigenvalue weighted by Gasteiger charge is 2.26. The molecule has 1 atom stereocenters. The molecule has 90 valence electrons. The Morgan fingerprint density at radius 1 is 1.31 bits per heavy atom. The van der Waals surface area contributed by atoms with E-state index in [0.717, 1.165) is 19.6 Å². The van der Waals surface area contributed by atoms with Crippen LogP contribution in [0.2, 0.25) is 0 Å². The molecule has 5 heteroatoms. The van der Waals surface area contributed by atoms with Crippen LogP contribution in [0.4, 0.5) is 0 Å². The minimum Gasteiger partial charge on any atom is -0.306 e. The van der Waals surface area contributed by atoms with Crippen LogP contribution >= 0.6 is 0 Å². The topological polar surface area (TPSA) is 52.6 Å². The Bertz CT molecular complexity index is 277. The van der Waals surface area contributed by atoms with Crippen LogP contribution < -0.4 is 5.32 Å². The van der Waals surface area contributed by atoms with Gasteiger partial charge < -0.3 is 4.90 Å². The van der Waals surface area contributed by atoms with E-state index >= 15 is 0 Å². The summed E-state index contributed by atoms with van der Waals surface area (Å²) in [5.74, 6) is 0.262. The molecule has 0 saturated carbocycles. The number of imide groups is 1. The molecule has 0 spiro atoms. The number of rotatable bonds is 2. The number of piperazine rings is 1. The van der Waals surface area contributed by atoms with Crippen LogP contribution in [0, 0.1) is 5.92 Å². The number of amides is 2. The van der Waals surface area contributed by atoms with Crippen molar-refractivity contribution < 1.29 is 9.59 Å². The Balaban J connectivity index is 1.84. The first kappa shape index (κ1) is 11.5. The zero-order valence-electron chi connectivity index (χ0n) is 9.74. The van der Waals surface area contributed by atoms with Crippen molar-refractivity contribution in [1.29, 1.82) is 0 Å². The SMILES string of the molecule is CN1CCCC(CN2CC(=O)NC(=O)C2)C1. The summed E-state index contributed by atoms with van der Waals surface area (Å²) in [5, 5.41) is 2.33. The first-order valence-corrected chi connectivity index (χ1v) is 5.87. The lowest BCUT2D eigenvalue weighted by Crippen LogP contribution is -2.53. The van der Waals surface area contributed by atoms with Crippen molar-refractivity contribution in [2.24, 2.45) is 5.92 Å². The molecule has 16 heavy (non-hydrogen) atoms. The monoisotopic (exact) mass is 225 g/mol. The van der Waals surface area contributed by atoms with Crippen LogP contribution in [-0.2, 0) is 9.59 Å². The number of hydrogen-bond acceptors (Lipinski definition) is 4. The third kappa shape index (κ3) is 3.02. The second-order valence-electron chi connectivity index (χ2n) is 4.91. The summed E-state index contributed by atoms with van der Waals surface area (Å²) in [5.41, 5.74) is 0. The Labute approximate surface area is 95.8 Å². The maximum Gasteiger partial charge on any atom is 0.240 e. The molecule has 1 N–H and O–H groups in total. The number of nitrogens with one attached hydrogen (secondary N) is 1. The molecule has 2 amide bonds. The molecule has 2 fully saturated rings. The molecule has 0 aromatic rings. The van der Waals surface area contributed by atoms with E-state index in [1.165, 1.54) is 12.8 Å². The predicted octanol–water partition coefficient (Wildman–Crippen LogP) is -0.713. The predicted molar refractivity (Wildman–Crippen MR) is 59.8 cm³/mol. The third-order valence-electron chi connectivity index (χ3n) is 3.25. The van der Waals surface area contributed by atoms with Gasteiger partial charge >= 0.3 is 0 Å². The maximum absolute atomic E-state index is 11.2. The number of likely N-dealkylation sites (tertiary alicyclic amines) is 1. The van der Waals surface area contributed by atoms with Gasteiger partial charge in [-0.15, -0.1) is 0 Å². The summed E-state index contributed by atoms with van der Waals surface area (Å²) < 4.78 is 0. The molecule has 2 saturated heterocycles. The Morgan fingerprint density at radius 2 is 2.00 bits per heavy atom. The zero-order chi connectivity index (χ0) is 11.5. The van der Waals surface area contributed by atoms with Gasteiger partial charge in [-0.05, 0) is 32.4 Å². The van der Waals surface area contributed by atoms with Gasteiger partial charge in [0.25, 0.3) is 0 Å². The van der Waals surface area contributed by atoms with Gasteiger partial charge in [0.05, 0.1) is 13.1 Å². The second kappa shape index (κ2) is 4.93. The van der Waals surface area contributed by atoms with Crippen molar-refractivity contribution in [3.05, 3.63) is 0 Å². The van der Waals surface area contributed by atoms with E-state index in [9.17, 15) is 9.59 Å². The van der Waals surface area contributed by atoms with Crippen molar-refractivity contribution in [1.82, 2.24) is 15.1 Å². The lowest BCUT2D eigenvalue weighted by molar-refractivity contribution is -0.136. The lowest BCUT2D eigenvalue weighted by atomic mass is 9.97. The summed E-state index contributed by atoms with van der Waals surface area (Å²) in [6.45, 7) is 3.84.